The summed E-state index contributed by atoms with van der Waals surface area (Å²) >= 11 is 0. The first kappa shape index (κ1) is 18.0. The van der Waals surface area contributed by atoms with Crippen LogP contribution in [-0.2, 0) is 14.2 Å². The Morgan fingerprint density at radius 1 is 0.909 bits per heavy atom. The van der Waals surface area contributed by atoms with E-state index >= 15 is 0 Å². The second-order valence-electron chi connectivity index (χ2n) is 7.15. The fourth-order valence-corrected chi connectivity index (χ4v) is 4.72. The fraction of sp³-hybridized carbons (Fsp3) is 0.895. The van der Waals surface area contributed by atoms with Gasteiger partial charge in [0, 0.05) is 26.1 Å². The van der Waals surface area contributed by atoms with Gasteiger partial charge in [0.05, 0.1) is 25.9 Å². The maximum atomic E-state index is 6.12. The molecule has 2 rings (SSSR count). The molecule has 0 aliphatic heterocycles. The van der Waals surface area contributed by atoms with Crippen LogP contribution in [0.2, 0.25) is 0 Å². The van der Waals surface area contributed by atoms with Crippen LogP contribution >= 0.6 is 0 Å². The Bertz CT molecular complexity index is 296. The third-order valence-electron chi connectivity index (χ3n) is 5.62. The van der Waals surface area contributed by atoms with E-state index in [1.807, 2.05) is 6.08 Å². The number of hydrogen-bond acceptors (Lipinski definition) is 3. The number of ether oxygens (including phenoxy) is 3. The molecule has 128 valence electrons. The van der Waals surface area contributed by atoms with E-state index in [4.69, 9.17) is 14.2 Å². The van der Waals surface area contributed by atoms with Crippen LogP contribution in [0.15, 0.2) is 12.7 Å². The molecule has 0 amide bonds. The summed E-state index contributed by atoms with van der Waals surface area (Å²) in [6.07, 6.45) is 11.7. The molecule has 3 heteroatoms. The minimum Gasteiger partial charge on any atom is -0.384 e. The van der Waals surface area contributed by atoms with Crippen molar-refractivity contribution in [3.05, 3.63) is 12.7 Å². The predicted octanol–water partition coefficient (Wildman–Crippen LogP) is 4.07. The van der Waals surface area contributed by atoms with Crippen LogP contribution in [0.25, 0.3) is 0 Å². The fourth-order valence-electron chi connectivity index (χ4n) is 4.72. The Labute approximate surface area is 136 Å². The van der Waals surface area contributed by atoms with Crippen molar-refractivity contribution in [2.45, 2.75) is 51.0 Å². The van der Waals surface area contributed by atoms with Crippen molar-refractivity contribution in [2.75, 3.05) is 34.0 Å². The molecule has 2 aliphatic carbocycles. The first-order valence-electron chi connectivity index (χ1n) is 9.00. The molecule has 3 nitrogen and oxygen atoms in total. The lowest BCUT2D eigenvalue weighted by atomic mass is 9.66. The molecule has 0 radical (unpaired) electrons. The van der Waals surface area contributed by atoms with Crippen molar-refractivity contribution >= 4 is 0 Å². The van der Waals surface area contributed by atoms with Crippen LogP contribution in [-0.4, -0.2) is 40.1 Å². The molecule has 2 aliphatic rings. The van der Waals surface area contributed by atoms with Crippen molar-refractivity contribution in [3.8, 4) is 0 Å². The van der Waals surface area contributed by atoms with E-state index in [1.165, 1.54) is 44.9 Å². The standard InChI is InChI=1S/C19H34O3/c1-4-10-22-19-17(13-20-2)11-16(12-18(19)14-21-3)15-8-6-5-7-9-15/h4,15-19H,1,5-14H2,2-3H3. The lowest BCUT2D eigenvalue weighted by Crippen LogP contribution is -2.44. The molecule has 0 aromatic carbocycles. The summed E-state index contributed by atoms with van der Waals surface area (Å²) in [6.45, 7) is 6.01. The summed E-state index contributed by atoms with van der Waals surface area (Å²) in [5, 5.41) is 0. The van der Waals surface area contributed by atoms with E-state index < -0.39 is 0 Å². The molecule has 0 spiro atoms. The molecule has 2 saturated carbocycles. The Kier molecular flexibility index (Phi) is 7.91. The maximum absolute atomic E-state index is 6.12. The van der Waals surface area contributed by atoms with Gasteiger partial charge in [-0.2, -0.15) is 0 Å². The zero-order valence-electron chi connectivity index (χ0n) is 14.5. The molecular weight excluding hydrogens is 276 g/mol. The van der Waals surface area contributed by atoms with E-state index in [0.717, 1.165) is 25.0 Å². The topological polar surface area (TPSA) is 27.7 Å². The van der Waals surface area contributed by atoms with Gasteiger partial charge in [-0.05, 0) is 24.7 Å². The first-order valence-corrected chi connectivity index (χ1v) is 9.00. The highest BCUT2D eigenvalue weighted by atomic mass is 16.5. The van der Waals surface area contributed by atoms with Gasteiger partial charge in [0.15, 0.2) is 0 Å². The lowest BCUT2D eigenvalue weighted by Gasteiger charge is -2.44. The molecule has 2 unspecified atom stereocenters. The Morgan fingerprint density at radius 2 is 1.50 bits per heavy atom. The molecule has 0 N–H and O–H groups in total. The van der Waals surface area contributed by atoms with Gasteiger partial charge in [0.1, 0.15) is 0 Å². The Morgan fingerprint density at radius 3 is 2.00 bits per heavy atom. The predicted molar refractivity (Wildman–Crippen MR) is 90.0 cm³/mol. The highest BCUT2D eigenvalue weighted by molar-refractivity contribution is 4.91. The van der Waals surface area contributed by atoms with Crippen LogP contribution in [0.4, 0.5) is 0 Å². The number of methoxy groups -OCH3 is 2. The molecule has 0 heterocycles. The van der Waals surface area contributed by atoms with Crippen molar-refractivity contribution in [2.24, 2.45) is 23.7 Å². The zero-order valence-corrected chi connectivity index (χ0v) is 14.5. The molecular formula is C19H34O3. The molecule has 0 saturated heterocycles. The van der Waals surface area contributed by atoms with E-state index in [9.17, 15) is 0 Å². The Hall–Kier alpha value is -0.380. The quantitative estimate of drug-likeness (QED) is 0.632. The monoisotopic (exact) mass is 310 g/mol. The SMILES string of the molecule is C=CCOC1C(COC)CC(C2CCCCC2)CC1COC. The van der Waals surface area contributed by atoms with Gasteiger partial charge >= 0.3 is 0 Å². The van der Waals surface area contributed by atoms with Crippen LogP contribution in [0.3, 0.4) is 0 Å². The second-order valence-corrected chi connectivity index (χ2v) is 7.15. The van der Waals surface area contributed by atoms with Gasteiger partial charge in [-0.1, -0.05) is 38.2 Å². The summed E-state index contributed by atoms with van der Waals surface area (Å²) in [5.74, 6) is 2.72. The van der Waals surface area contributed by atoms with E-state index in [-0.39, 0.29) is 6.10 Å². The maximum Gasteiger partial charge on any atom is 0.0679 e. The molecule has 0 bridgehead atoms. The van der Waals surface area contributed by atoms with Gasteiger partial charge in [-0.15, -0.1) is 6.58 Å². The van der Waals surface area contributed by atoms with Crippen LogP contribution < -0.4 is 0 Å². The zero-order chi connectivity index (χ0) is 15.8. The average Bonchev–Trinajstić information content (AvgIpc) is 2.55. The van der Waals surface area contributed by atoms with E-state index in [0.29, 0.717) is 18.4 Å². The number of rotatable bonds is 8. The number of hydrogen-bond donors (Lipinski definition) is 0. The molecule has 0 aromatic rings. The second kappa shape index (κ2) is 9.69. The summed E-state index contributed by atoms with van der Waals surface area (Å²) in [7, 11) is 3.61. The molecule has 0 aromatic heterocycles. The van der Waals surface area contributed by atoms with Gasteiger partial charge in [-0.25, -0.2) is 0 Å². The highest BCUT2D eigenvalue weighted by Crippen LogP contribution is 2.43. The van der Waals surface area contributed by atoms with Gasteiger partial charge in [0.2, 0.25) is 0 Å². The smallest absolute Gasteiger partial charge is 0.0679 e. The minimum absolute atomic E-state index is 0.248. The summed E-state index contributed by atoms with van der Waals surface area (Å²) in [6, 6.07) is 0. The highest BCUT2D eigenvalue weighted by Gasteiger charge is 2.41. The van der Waals surface area contributed by atoms with Gasteiger partial charge in [0.25, 0.3) is 0 Å². The normalized spacial score (nSPS) is 33.7. The molecule has 2 atom stereocenters. The van der Waals surface area contributed by atoms with Crippen molar-refractivity contribution in [3.63, 3.8) is 0 Å². The van der Waals surface area contributed by atoms with Crippen LogP contribution in [0.1, 0.15) is 44.9 Å². The molecule has 22 heavy (non-hydrogen) atoms. The third-order valence-corrected chi connectivity index (χ3v) is 5.62. The van der Waals surface area contributed by atoms with Crippen LogP contribution in [0, 0.1) is 23.7 Å². The van der Waals surface area contributed by atoms with Crippen LogP contribution in [0.5, 0.6) is 0 Å². The van der Waals surface area contributed by atoms with Gasteiger partial charge in [-0.3, -0.25) is 0 Å². The van der Waals surface area contributed by atoms with Crippen molar-refractivity contribution in [1.29, 1.82) is 0 Å². The largest absolute Gasteiger partial charge is 0.384 e. The average molecular weight is 310 g/mol. The summed E-state index contributed by atoms with van der Waals surface area (Å²) < 4.78 is 17.1. The summed E-state index contributed by atoms with van der Waals surface area (Å²) in [4.78, 5) is 0. The Balaban J connectivity index is 2.05. The van der Waals surface area contributed by atoms with Gasteiger partial charge < -0.3 is 14.2 Å². The third kappa shape index (κ3) is 4.81. The van der Waals surface area contributed by atoms with E-state index in [2.05, 4.69) is 6.58 Å². The lowest BCUT2D eigenvalue weighted by molar-refractivity contribution is -0.0967. The molecule has 2 fully saturated rings. The summed E-state index contributed by atoms with van der Waals surface area (Å²) in [5.41, 5.74) is 0. The minimum atomic E-state index is 0.248. The van der Waals surface area contributed by atoms with Crippen molar-refractivity contribution < 1.29 is 14.2 Å². The first-order chi connectivity index (χ1) is 10.8. The van der Waals surface area contributed by atoms with E-state index in [1.54, 1.807) is 14.2 Å². The van der Waals surface area contributed by atoms with Crippen molar-refractivity contribution in [1.82, 2.24) is 0 Å².